The van der Waals surface area contributed by atoms with Gasteiger partial charge >= 0.3 is 6.36 Å². The number of carbonyl (C=O) groups is 1. The number of amides is 1. The monoisotopic (exact) mass is 418 g/mol. The first-order valence-corrected chi connectivity index (χ1v) is 8.77. The standard InChI is InChI=1S/C19H17F3N6O2/c20-19(21,22)30-14-6-4-13(5-7-14)18(29)25-10-9-24-16-11-17(27-12-26-16)28-15-3-1-2-8-23-15/h1-8,11-12H,9-10H2,(H,25,29)(H2,23,24,26,27,28). The zero-order chi connectivity index (χ0) is 21.4. The quantitative estimate of drug-likeness (QED) is 0.482. The second-order valence-electron chi connectivity index (χ2n) is 5.88. The van der Waals surface area contributed by atoms with E-state index in [9.17, 15) is 18.0 Å². The van der Waals surface area contributed by atoms with E-state index in [0.29, 0.717) is 24.0 Å². The van der Waals surface area contributed by atoms with E-state index in [-0.39, 0.29) is 17.9 Å². The summed E-state index contributed by atoms with van der Waals surface area (Å²) in [5.41, 5.74) is 0.216. The number of ether oxygens (including phenoxy) is 1. The van der Waals surface area contributed by atoms with Crippen LogP contribution in [0, 0.1) is 0 Å². The van der Waals surface area contributed by atoms with Crippen LogP contribution in [0.1, 0.15) is 10.4 Å². The van der Waals surface area contributed by atoms with Gasteiger partial charge < -0.3 is 20.7 Å². The van der Waals surface area contributed by atoms with E-state index in [1.54, 1.807) is 24.4 Å². The van der Waals surface area contributed by atoms with Crippen molar-refractivity contribution in [1.82, 2.24) is 20.3 Å². The molecular formula is C19H17F3N6O2. The highest BCUT2D eigenvalue weighted by Gasteiger charge is 2.31. The number of nitrogens with one attached hydrogen (secondary N) is 3. The molecule has 3 aromatic rings. The Morgan fingerprint density at radius 3 is 2.40 bits per heavy atom. The molecule has 0 fully saturated rings. The van der Waals surface area contributed by atoms with Gasteiger partial charge in [-0.15, -0.1) is 13.2 Å². The Bertz CT molecular complexity index is 968. The van der Waals surface area contributed by atoms with Crippen molar-refractivity contribution in [2.75, 3.05) is 23.7 Å². The lowest BCUT2D eigenvalue weighted by atomic mass is 10.2. The number of nitrogens with zero attached hydrogens (tertiary/aromatic N) is 3. The number of pyridine rings is 1. The maximum atomic E-state index is 12.2. The third-order valence-corrected chi connectivity index (χ3v) is 3.65. The van der Waals surface area contributed by atoms with E-state index < -0.39 is 12.3 Å². The summed E-state index contributed by atoms with van der Waals surface area (Å²) in [5.74, 6) is 0.930. The molecule has 0 radical (unpaired) electrons. The number of aromatic nitrogens is 3. The first-order valence-electron chi connectivity index (χ1n) is 8.77. The van der Waals surface area contributed by atoms with E-state index in [2.05, 4.69) is 35.6 Å². The predicted octanol–water partition coefficient (Wildman–Crippen LogP) is 3.36. The molecule has 1 amide bonds. The average Bonchev–Trinajstić information content (AvgIpc) is 2.71. The molecule has 156 valence electrons. The maximum absolute atomic E-state index is 12.2. The number of benzene rings is 1. The summed E-state index contributed by atoms with van der Waals surface area (Å²) in [6.45, 7) is 0.647. The van der Waals surface area contributed by atoms with Gasteiger partial charge in [0.15, 0.2) is 0 Å². The summed E-state index contributed by atoms with van der Waals surface area (Å²) in [5, 5.41) is 8.74. The molecular weight excluding hydrogens is 401 g/mol. The van der Waals surface area contributed by atoms with Gasteiger partial charge in [0.05, 0.1) is 0 Å². The van der Waals surface area contributed by atoms with Crippen molar-refractivity contribution < 1.29 is 22.7 Å². The van der Waals surface area contributed by atoms with Gasteiger partial charge in [-0.05, 0) is 36.4 Å². The van der Waals surface area contributed by atoms with E-state index in [4.69, 9.17) is 0 Å². The van der Waals surface area contributed by atoms with Gasteiger partial charge in [0.25, 0.3) is 5.91 Å². The third-order valence-electron chi connectivity index (χ3n) is 3.65. The number of rotatable bonds is 8. The molecule has 3 rings (SSSR count). The fourth-order valence-corrected chi connectivity index (χ4v) is 2.37. The molecule has 0 bridgehead atoms. The Kier molecular flexibility index (Phi) is 6.63. The van der Waals surface area contributed by atoms with Crippen LogP contribution in [0.5, 0.6) is 5.75 Å². The van der Waals surface area contributed by atoms with Crippen LogP contribution in [-0.4, -0.2) is 40.3 Å². The van der Waals surface area contributed by atoms with Crippen LogP contribution in [0.4, 0.5) is 30.6 Å². The largest absolute Gasteiger partial charge is 0.573 e. The van der Waals surface area contributed by atoms with Crippen molar-refractivity contribution in [3.63, 3.8) is 0 Å². The summed E-state index contributed by atoms with van der Waals surface area (Å²) in [6.07, 6.45) is -1.73. The molecule has 0 aliphatic rings. The molecule has 1 aromatic carbocycles. The van der Waals surface area contributed by atoms with Crippen molar-refractivity contribution in [2.45, 2.75) is 6.36 Å². The topological polar surface area (TPSA) is 101 Å². The van der Waals surface area contributed by atoms with Crippen molar-refractivity contribution in [3.05, 3.63) is 66.6 Å². The molecule has 0 aliphatic carbocycles. The Balaban J connectivity index is 1.44. The molecule has 0 saturated carbocycles. The van der Waals surface area contributed by atoms with Crippen LogP contribution >= 0.6 is 0 Å². The molecule has 0 unspecified atom stereocenters. The summed E-state index contributed by atoms with van der Waals surface area (Å²) >= 11 is 0. The number of halogens is 3. The normalized spacial score (nSPS) is 10.9. The molecule has 30 heavy (non-hydrogen) atoms. The zero-order valence-corrected chi connectivity index (χ0v) is 15.5. The van der Waals surface area contributed by atoms with Crippen LogP contribution in [0.25, 0.3) is 0 Å². The summed E-state index contributed by atoms with van der Waals surface area (Å²) in [6, 6.07) is 11.8. The SMILES string of the molecule is O=C(NCCNc1cc(Nc2ccccn2)ncn1)c1ccc(OC(F)(F)F)cc1. The lowest BCUT2D eigenvalue weighted by Crippen LogP contribution is -2.28. The molecule has 0 spiro atoms. The Morgan fingerprint density at radius 1 is 0.933 bits per heavy atom. The Morgan fingerprint density at radius 2 is 1.70 bits per heavy atom. The van der Waals surface area contributed by atoms with Crippen molar-refractivity contribution in [3.8, 4) is 5.75 Å². The minimum Gasteiger partial charge on any atom is -0.406 e. The smallest absolute Gasteiger partial charge is 0.406 e. The van der Waals surface area contributed by atoms with Gasteiger partial charge in [0, 0.05) is 30.9 Å². The van der Waals surface area contributed by atoms with Crippen molar-refractivity contribution >= 4 is 23.4 Å². The molecule has 2 heterocycles. The second-order valence-corrected chi connectivity index (χ2v) is 5.88. The summed E-state index contributed by atoms with van der Waals surface area (Å²) < 4.78 is 40.2. The van der Waals surface area contributed by atoms with E-state index >= 15 is 0 Å². The molecule has 0 aliphatic heterocycles. The lowest BCUT2D eigenvalue weighted by molar-refractivity contribution is -0.274. The molecule has 2 aromatic heterocycles. The average molecular weight is 418 g/mol. The van der Waals surface area contributed by atoms with E-state index in [0.717, 1.165) is 12.1 Å². The first kappa shape index (κ1) is 20.8. The van der Waals surface area contributed by atoms with Gasteiger partial charge in [0.1, 0.15) is 29.5 Å². The zero-order valence-electron chi connectivity index (χ0n) is 15.5. The minimum atomic E-state index is -4.77. The minimum absolute atomic E-state index is 0.216. The molecule has 11 heteroatoms. The number of alkyl halides is 3. The van der Waals surface area contributed by atoms with Crippen LogP contribution in [0.3, 0.4) is 0 Å². The number of hydrogen-bond donors (Lipinski definition) is 3. The van der Waals surface area contributed by atoms with Gasteiger partial charge in [0.2, 0.25) is 0 Å². The first-order chi connectivity index (χ1) is 14.4. The van der Waals surface area contributed by atoms with Gasteiger partial charge in [-0.2, -0.15) is 0 Å². The highest BCUT2D eigenvalue weighted by atomic mass is 19.4. The third kappa shape index (κ3) is 6.62. The summed E-state index contributed by atoms with van der Waals surface area (Å²) in [4.78, 5) is 24.4. The molecule has 0 atom stereocenters. The Labute approximate surface area is 169 Å². The van der Waals surface area contributed by atoms with Gasteiger partial charge in [-0.1, -0.05) is 6.07 Å². The van der Waals surface area contributed by atoms with Crippen LogP contribution < -0.4 is 20.7 Å². The number of carbonyl (C=O) groups excluding carboxylic acids is 1. The highest BCUT2D eigenvalue weighted by Crippen LogP contribution is 2.22. The molecule has 8 nitrogen and oxygen atoms in total. The van der Waals surface area contributed by atoms with Crippen LogP contribution in [-0.2, 0) is 0 Å². The molecule has 0 saturated heterocycles. The fourth-order valence-electron chi connectivity index (χ4n) is 2.37. The second kappa shape index (κ2) is 9.54. The van der Waals surface area contributed by atoms with E-state index in [1.165, 1.54) is 18.5 Å². The summed E-state index contributed by atoms with van der Waals surface area (Å²) in [7, 11) is 0. The fraction of sp³-hybridized carbons (Fsp3) is 0.158. The van der Waals surface area contributed by atoms with E-state index in [1.807, 2.05) is 6.07 Å². The lowest BCUT2D eigenvalue weighted by Gasteiger charge is -2.10. The van der Waals surface area contributed by atoms with Crippen LogP contribution in [0.15, 0.2) is 61.1 Å². The van der Waals surface area contributed by atoms with Crippen molar-refractivity contribution in [2.24, 2.45) is 0 Å². The van der Waals surface area contributed by atoms with Crippen molar-refractivity contribution in [1.29, 1.82) is 0 Å². The van der Waals surface area contributed by atoms with Gasteiger partial charge in [-0.25, -0.2) is 15.0 Å². The number of hydrogen-bond acceptors (Lipinski definition) is 7. The maximum Gasteiger partial charge on any atom is 0.573 e. The predicted molar refractivity (Wildman–Crippen MR) is 103 cm³/mol. The molecule has 3 N–H and O–H groups in total. The van der Waals surface area contributed by atoms with Gasteiger partial charge in [-0.3, -0.25) is 4.79 Å². The van der Waals surface area contributed by atoms with Crippen LogP contribution in [0.2, 0.25) is 0 Å². The Hall–Kier alpha value is -3.89. The number of anilines is 3. The highest BCUT2D eigenvalue weighted by molar-refractivity contribution is 5.94.